The van der Waals surface area contributed by atoms with E-state index in [0.717, 1.165) is 56.3 Å². The number of thiazole rings is 2. The summed E-state index contributed by atoms with van der Waals surface area (Å²) in [5.41, 5.74) is 17.4. The molecule has 0 saturated carbocycles. The van der Waals surface area contributed by atoms with Crippen molar-refractivity contribution in [3.05, 3.63) is 117 Å². The molecule has 2 aliphatic rings. The van der Waals surface area contributed by atoms with Crippen molar-refractivity contribution in [3.8, 4) is 22.5 Å². The molecule has 8 aromatic rings. The van der Waals surface area contributed by atoms with E-state index in [9.17, 15) is 18.4 Å². The second-order valence-corrected chi connectivity index (χ2v) is 20.3. The van der Waals surface area contributed by atoms with Gasteiger partial charge in [-0.2, -0.15) is 0 Å². The number of hydrogen-bond donors (Lipinski definition) is 5. The predicted octanol–water partition coefficient (Wildman–Crippen LogP) is 9.85. The highest BCUT2D eigenvalue weighted by atomic mass is 35.5. The van der Waals surface area contributed by atoms with E-state index in [1.807, 2.05) is 57.6 Å². The fourth-order valence-electron chi connectivity index (χ4n) is 9.03. The van der Waals surface area contributed by atoms with Gasteiger partial charge in [-0.1, -0.05) is 58.7 Å². The highest BCUT2D eigenvalue weighted by molar-refractivity contribution is 7.24. The molecule has 4 aromatic heterocycles. The topological polar surface area (TPSA) is 189 Å². The molecule has 0 unspecified atom stereocenters. The van der Waals surface area contributed by atoms with Gasteiger partial charge in [0.25, 0.3) is 18.3 Å². The van der Waals surface area contributed by atoms with Gasteiger partial charge in [-0.15, -0.1) is 0 Å². The molecule has 2 amide bonds. The molecule has 374 valence electrons. The minimum atomic E-state index is -0.433. The largest absolute Gasteiger partial charge is 0.483 e. The number of aromatic nitrogens is 4. The summed E-state index contributed by atoms with van der Waals surface area (Å²) in [5, 5.41) is 13.6. The van der Waals surface area contributed by atoms with Gasteiger partial charge < -0.3 is 37.0 Å². The maximum absolute atomic E-state index is 14.3. The van der Waals surface area contributed by atoms with E-state index < -0.39 is 11.6 Å². The average Bonchev–Trinajstić information content (AvgIpc) is 4.15. The normalized spacial score (nSPS) is 14.3. The predicted molar refractivity (Wildman–Crippen MR) is 281 cm³/mol. The third kappa shape index (κ3) is 12.4. The van der Waals surface area contributed by atoms with Crippen LogP contribution in [0.4, 0.5) is 8.78 Å². The zero-order valence-electron chi connectivity index (χ0n) is 39.1. The van der Waals surface area contributed by atoms with Crippen molar-refractivity contribution in [2.75, 3.05) is 52.4 Å². The first-order valence-electron chi connectivity index (χ1n) is 23.8. The number of carboxylic acid groups (broad SMARTS) is 1. The second-order valence-electron chi connectivity index (χ2n) is 17.5. The number of nitrogens with two attached hydrogens (primary N) is 2. The first kappa shape index (κ1) is 51.8. The summed E-state index contributed by atoms with van der Waals surface area (Å²) in [6.45, 7) is 7.95. The summed E-state index contributed by atoms with van der Waals surface area (Å²) < 4.78 is 34.5. The van der Waals surface area contributed by atoms with Crippen molar-refractivity contribution in [2.24, 2.45) is 11.5 Å². The molecular formula is C51H56Cl2F2N10O4S2. The third-order valence-corrected chi connectivity index (χ3v) is 15.5. The lowest BCUT2D eigenvalue weighted by molar-refractivity contribution is -0.122. The quantitative estimate of drug-likeness (QED) is 0.0518. The third-order valence-electron chi connectivity index (χ3n) is 12.8. The summed E-state index contributed by atoms with van der Waals surface area (Å²) in [7, 11) is 0. The lowest BCUT2D eigenvalue weighted by Gasteiger charge is -2.26. The van der Waals surface area contributed by atoms with Gasteiger partial charge in [-0.25, -0.2) is 18.7 Å². The number of piperidine rings is 2. The van der Waals surface area contributed by atoms with E-state index in [2.05, 4.69) is 30.4 Å². The summed E-state index contributed by atoms with van der Waals surface area (Å²) in [5.74, 6) is -0.981. The summed E-state index contributed by atoms with van der Waals surface area (Å²) >= 11 is 15.4. The zero-order chi connectivity index (χ0) is 50.0. The van der Waals surface area contributed by atoms with E-state index in [1.165, 1.54) is 99.5 Å². The Hall–Kier alpha value is -5.57. The Morgan fingerprint density at radius 2 is 1.04 bits per heavy atom. The van der Waals surface area contributed by atoms with E-state index >= 15 is 0 Å². The van der Waals surface area contributed by atoms with Crippen LogP contribution < -0.4 is 22.1 Å². The molecule has 2 fully saturated rings. The number of carbonyl (C=O) groups excluding carboxylic acids is 2. The molecule has 71 heavy (non-hydrogen) atoms. The first-order valence-corrected chi connectivity index (χ1v) is 26.2. The van der Waals surface area contributed by atoms with E-state index in [1.54, 1.807) is 12.1 Å². The van der Waals surface area contributed by atoms with Crippen LogP contribution in [0.15, 0.2) is 73.1 Å². The van der Waals surface area contributed by atoms with E-state index in [-0.39, 0.29) is 31.4 Å². The Balaban J connectivity index is 0.000000181. The van der Waals surface area contributed by atoms with E-state index in [4.69, 9.17) is 44.6 Å². The summed E-state index contributed by atoms with van der Waals surface area (Å²) in [6.07, 6.45) is 13.4. The Morgan fingerprint density at radius 3 is 1.41 bits per heavy atom. The zero-order valence-corrected chi connectivity index (χ0v) is 42.2. The van der Waals surface area contributed by atoms with Crippen molar-refractivity contribution in [1.29, 1.82) is 0 Å². The standard InChI is InChI=1S/2C25H27ClFN5OS.CH2O2/c2*26-19-11-17(12-20(27)18(19)14-28)21-15-32-22-6-5-16(13-23(22)34-25(32)30-21)24(33)29-7-4-10-31-8-2-1-3-9-31;2-1-3/h2*5-6,11-13,15H,1-4,7-10,14,28H2,(H,29,33);1H,(H,2,3). The molecule has 0 bridgehead atoms. The summed E-state index contributed by atoms with van der Waals surface area (Å²) in [4.78, 5) is 49.5. The van der Waals surface area contributed by atoms with Crippen molar-refractivity contribution >= 4 is 94.5 Å². The Labute approximate surface area is 427 Å². The van der Waals surface area contributed by atoms with Gasteiger partial charge in [0.2, 0.25) is 0 Å². The fourth-order valence-corrected chi connectivity index (χ4v) is 11.7. The highest BCUT2D eigenvalue weighted by Crippen LogP contribution is 2.34. The molecule has 7 N–H and O–H groups in total. The smallest absolute Gasteiger partial charge is 0.290 e. The second kappa shape index (κ2) is 24.2. The number of hydrogen-bond acceptors (Lipinski definition) is 11. The van der Waals surface area contributed by atoms with Crippen LogP contribution in [0.5, 0.6) is 0 Å². The number of fused-ring (bicyclic) bond motifs is 6. The van der Waals surface area contributed by atoms with Crippen LogP contribution in [0.2, 0.25) is 10.0 Å². The minimum Gasteiger partial charge on any atom is -0.483 e. The molecule has 10 rings (SSSR count). The van der Waals surface area contributed by atoms with Gasteiger partial charge in [0.05, 0.1) is 31.8 Å². The maximum Gasteiger partial charge on any atom is 0.290 e. The van der Waals surface area contributed by atoms with Gasteiger partial charge in [-0.3, -0.25) is 23.2 Å². The number of likely N-dealkylation sites (tertiary alicyclic amines) is 2. The molecule has 4 aromatic carbocycles. The van der Waals surface area contributed by atoms with Gasteiger partial charge >= 0.3 is 0 Å². The van der Waals surface area contributed by atoms with E-state index in [0.29, 0.717) is 67.9 Å². The van der Waals surface area contributed by atoms with Crippen molar-refractivity contribution in [1.82, 2.24) is 39.2 Å². The fraction of sp³-hybridized carbons (Fsp3) is 0.353. The number of benzene rings is 4. The Kier molecular flexibility index (Phi) is 17.7. The van der Waals surface area contributed by atoms with Gasteiger partial charge in [0.1, 0.15) is 11.6 Å². The minimum absolute atomic E-state index is 0.0439. The number of nitrogens with one attached hydrogen (secondary N) is 2. The van der Waals surface area contributed by atoms with Gasteiger partial charge in [0, 0.05) is 82.0 Å². The molecule has 0 radical (unpaired) electrons. The highest BCUT2D eigenvalue weighted by Gasteiger charge is 2.19. The first-order chi connectivity index (χ1) is 34.5. The lowest BCUT2D eigenvalue weighted by Crippen LogP contribution is -2.33. The number of carbonyl (C=O) groups is 3. The molecule has 20 heteroatoms. The Bertz CT molecular complexity index is 2910. The Morgan fingerprint density at radius 1 is 0.648 bits per heavy atom. The van der Waals surface area contributed by atoms with Crippen LogP contribution in [0.1, 0.15) is 83.2 Å². The van der Waals surface area contributed by atoms with Crippen molar-refractivity contribution < 1.29 is 28.3 Å². The van der Waals surface area contributed by atoms with Crippen LogP contribution in [-0.4, -0.2) is 104 Å². The lowest BCUT2D eigenvalue weighted by atomic mass is 10.1. The van der Waals surface area contributed by atoms with Crippen LogP contribution in [-0.2, 0) is 17.9 Å². The van der Waals surface area contributed by atoms with Crippen LogP contribution in [0.3, 0.4) is 0 Å². The number of rotatable bonds is 14. The number of halogens is 4. The number of nitrogens with zero attached hydrogens (tertiary/aromatic N) is 6. The van der Waals surface area contributed by atoms with Crippen LogP contribution >= 0.6 is 45.9 Å². The summed E-state index contributed by atoms with van der Waals surface area (Å²) in [6, 6.07) is 17.5. The molecular weight excluding hydrogens is 990 g/mol. The van der Waals surface area contributed by atoms with Crippen LogP contribution in [0, 0.1) is 11.6 Å². The number of amides is 2. The molecule has 2 saturated heterocycles. The SMILES string of the molecule is NCc1c(F)cc(-c2cn3c(n2)sc2cc(C(=O)NCCCN4CCCCC4)ccc23)cc1Cl.NCc1c(F)cc(-c2cn3c(n2)sc2cc(C(=O)NCCCN4CCCCC4)ccc23)cc1Cl.O=CO. The average molecular weight is 1050 g/mol. The van der Waals surface area contributed by atoms with Crippen molar-refractivity contribution in [3.63, 3.8) is 0 Å². The molecule has 0 aliphatic carbocycles. The number of imidazole rings is 2. The maximum atomic E-state index is 14.3. The van der Waals surface area contributed by atoms with Gasteiger partial charge in [0.15, 0.2) is 9.92 Å². The molecule has 14 nitrogen and oxygen atoms in total. The van der Waals surface area contributed by atoms with Crippen molar-refractivity contribution in [2.45, 2.75) is 64.5 Å². The molecule has 0 atom stereocenters. The molecule has 6 heterocycles. The monoisotopic (exact) mass is 1040 g/mol. The molecule has 2 aliphatic heterocycles. The molecule has 0 spiro atoms. The van der Waals surface area contributed by atoms with Crippen LogP contribution in [0.25, 0.3) is 52.9 Å². The van der Waals surface area contributed by atoms with Gasteiger partial charge in [-0.05, 0) is 138 Å².